The van der Waals surface area contributed by atoms with Gasteiger partial charge in [0, 0.05) is 6.54 Å². The maximum absolute atomic E-state index is 5.53. The van der Waals surface area contributed by atoms with Gasteiger partial charge in [0.15, 0.2) is 11.8 Å². The number of aromatic nitrogens is 1. The average molecular weight is 454 g/mol. The van der Waals surface area contributed by atoms with Crippen LogP contribution in [0, 0.1) is 5.41 Å². The predicted molar refractivity (Wildman–Crippen MR) is 111 cm³/mol. The van der Waals surface area contributed by atoms with Gasteiger partial charge in [0.2, 0.25) is 0 Å². The summed E-state index contributed by atoms with van der Waals surface area (Å²) in [4.78, 5) is 4.07. The van der Waals surface area contributed by atoms with Crippen LogP contribution >= 0.6 is 0 Å². The summed E-state index contributed by atoms with van der Waals surface area (Å²) in [6.07, 6.45) is 8.36. The van der Waals surface area contributed by atoms with Crippen molar-refractivity contribution in [2.75, 3.05) is 13.6 Å². The molecule has 1 atom stereocenters. The van der Waals surface area contributed by atoms with Gasteiger partial charge >= 0.3 is 81.5 Å². The zero-order chi connectivity index (χ0) is 19.3. The van der Waals surface area contributed by atoms with Crippen LogP contribution in [0.25, 0.3) is 12.2 Å². The van der Waals surface area contributed by atoms with Gasteiger partial charge in [0.05, 0.1) is 0 Å². The molecule has 0 fully saturated rings. The summed E-state index contributed by atoms with van der Waals surface area (Å²) in [5.41, 5.74) is 8.00. The van der Waals surface area contributed by atoms with E-state index in [4.69, 9.17) is 10.2 Å². The minimum atomic E-state index is -0.0256. The number of nitrogens with zero attached hydrogens (tertiary/aromatic N) is 1. The average Bonchev–Trinajstić information content (AvgIpc) is 2.98. The molecular weight excluding hydrogens is 417 g/mol. The molecule has 1 aromatic rings. The molecule has 4 nitrogen and oxygen atoms in total. The van der Waals surface area contributed by atoms with E-state index >= 15 is 0 Å². The summed E-state index contributed by atoms with van der Waals surface area (Å²) in [6.45, 7) is 13.9. The van der Waals surface area contributed by atoms with Crippen LogP contribution in [0.5, 0.6) is 0 Å². The maximum Gasteiger partial charge on any atom is 0.181 e. The largest absolute Gasteiger partial charge is 0.444 e. The topological polar surface area (TPSA) is 64.1 Å². The molecule has 1 heterocycles. The Morgan fingerprint density at radius 3 is 2.60 bits per heavy atom. The Bertz CT molecular complexity index is 605. The third-order valence-electron chi connectivity index (χ3n) is 4.30. The fourth-order valence-corrected chi connectivity index (χ4v) is 5.64. The number of fused-ring (bicyclic) bond motifs is 1. The molecule has 0 unspecified atom stereocenters. The van der Waals surface area contributed by atoms with Crippen molar-refractivity contribution in [3.8, 4) is 0 Å². The first-order valence-electron chi connectivity index (χ1n) is 9.33. The molecular formula is C20H37N3OSn. The van der Waals surface area contributed by atoms with Gasteiger partial charge in [0.1, 0.15) is 5.35 Å². The van der Waals surface area contributed by atoms with Gasteiger partial charge in [-0.1, -0.05) is 19.9 Å². The third-order valence-corrected chi connectivity index (χ3v) is 9.04. The van der Waals surface area contributed by atoms with Gasteiger partial charge in [0.25, 0.3) is 0 Å². The second kappa shape index (κ2) is 13.6. The number of nitrogens with two attached hydrogens (primary N) is 1. The second-order valence-electron chi connectivity index (χ2n) is 6.45. The van der Waals surface area contributed by atoms with Crippen LogP contribution in [0.2, 0.25) is 8.87 Å². The minimum Gasteiger partial charge on any atom is -0.444 e. The molecule has 0 bridgehead atoms. The van der Waals surface area contributed by atoms with Crippen molar-refractivity contribution in [2.45, 2.75) is 62.9 Å². The van der Waals surface area contributed by atoms with Crippen molar-refractivity contribution in [3.05, 3.63) is 28.8 Å². The molecule has 0 aliphatic heterocycles. The van der Waals surface area contributed by atoms with Gasteiger partial charge < -0.3 is 10.2 Å². The summed E-state index contributed by atoms with van der Waals surface area (Å²) in [5, 5.41) is 4.22. The minimum absolute atomic E-state index is 0.0256. The summed E-state index contributed by atoms with van der Waals surface area (Å²) in [6, 6.07) is 0.662. The summed E-state index contributed by atoms with van der Waals surface area (Å²) >= 11 is -0.0256. The molecule has 2 rings (SSSR count). The van der Waals surface area contributed by atoms with Crippen molar-refractivity contribution < 1.29 is 4.42 Å². The van der Waals surface area contributed by atoms with Crippen LogP contribution < -0.4 is 21.8 Å². The van der Waals surface area contributed by atoms with Crippen LogP contribution in [-0.2, 0) is 0 Å². The Hall–Kier alpha value is -0.591. The van der Waals surface area contributed by atoms with Gasteiger partial charge in [-0.15, -0.1) is 0 Å². The molecule has 0 saturated carbocycles. The van der Waals surface area contributed by atoms with Gasteiger partial charge in [-0.25, -0.2) is 4.98 Å². The van der Waals surface area contributed by atoms with Crippen LogP contribution in [0.3, 0.4) is 0 Å². The molecule has 0 aromatic carbocycles. The van der Waals surface area contributed by atoms with E-state index in [0.29, 0.717) is 18.0 Å². The van der Waals surface area contributed by atoms with Crippen LogP contribution in [0.15, 0.2) is 22.5 Å². The molecule has 1 aliphatic carbocycles. The van der Waals surface area contributed by atoms with E-state index < -0.39 is 0 Å². The van der Waals surface area contributed by atoms with Gasteiger partial charge in [-0.2, -0.15) is 0 Å². The van der Waals surface area contributed by atoms with E-state index in [-0.39, 0.29) is 21.1 Å². The molecule has 25 heavy (non-hydrogen) atoms. The third kappa shape index (κ3) is 9.06. The summed E-state index contributed by atoms with van der Waals surface area (Å²) < 4.78 is 8.13. The first-order chi connectivity index (χ1) is 11.9. The van der Waals surface area contributed by atoms with Crippen LogP contribution in [-0.4, -0.2) is 45.8 Å². The molecule has 1 aromatic heterocycles. The van der Waals surface area contributed by atoms with E-state index in [1.807, 2.05) is 26.0 Å². The zero-order valence-electron chi connectivity index (χ0n) is 17.1. The zero-order valence-corrected chi connectivity index (χ0v) is 20.0. The second-order valence-corrected chi connectivity index (χ2v) is 10.9. The first-order valence-corrected chi connectivity index (χ1v) is 13.4. The van der Waals surface area contributed by atoms with Crippen LogP contribution in [0.1, 0.15) is 48.0 Å². The number of hydrogen-bond donors (Lipinski definition) is 2. The van der Waals surface area contributed by atoms with Gasteiger partial charge in [-0.05, 0) is 24.1 Å². The summed E-state index contributed by atoms with van der Waals surface area (Å²) in [5.74, 6) is 0. The fourth-order valence-electron chi connectivity index (χ4n) is 2.21. The number of hydrogen-bond acceptors (Lipinski definition) is 4. The smallest absolute Gasteiger partial charge is 0.181 e. The Morgan fingerprint density at radius 1 is 1.36 bits per heavy atom. The molecule has 0 amide bonds. The Morgan fingerprint density at radius 2 is 2.04 bits per heavy atom. The monoisotopic (exact) mass is 455 g/mol. The Balaban J connectivity index is 0.000000422. The van der Waals surface area contributed by atoms with E-state index in [1.54, 1.807) is 0 Å². The van der Waals surface area contributed by atoms with Gasteiger partial charge in [-0.3, -0.25) is 0 Å². The van der Waals surface area contributed by atoms with E-state index in [1.165, 1.54) is 15.3 Å². The molecule has 5 heteroatoms. The molecule has 2 radical (unpaired) electrons. The Labute approximate surface area is 164 Å². The fraction of sp³-hybridized carbons (Fsp3) is 0.650. The molecule has 0 spiro atoms. The molecule has 3 N–H and O–H groups in total. The van der Waals surface area contributed by atoms with Crippen molar-refractivity contribution in [1.29, 1.82) is 0 Å². The van der Waals surface area contributed by atoms with Crippen LogP contribution in [0.4, 0.5) is 0 Å². The number of rotatable bonds is 6. The van der Waals surface area contributed by atoms with E-state index in [9.17, 15) is 0 Å². The number of allylic oxidation sites excluding steroid dienone is 1. The van der Waals surface area contributed by atoms with Crippen molar-refractivity contribution >= 4 is 33.3 Å². The predicted octanol–water partition coefficient (Wildman–Crippen LogP) is 2.73. The first kappa shape index (κ1) is 24.4. The van der Waals surface area contributed by atoms with E-state index in [0.717, 1.165) is 22.8 Å². The van der Waals surface area contributed by atoms with Crippen molar-refractivity contribution in [1.82, 2.24) is 10.3 Å². The van der Waals surface area contributed by atoms with Crippen molar-refractivity contribution in [2.24, 2.45) is 11.1 Å². The SMILES string of the molecule is CC.C[CH2][Sn][CH2]C(C)(C)[C@@H](C)NC.NCC1=CCC=c2ocnc2=C1. The Kier molecular flexibility index (Phi) is 13.3. The number of oxazole rings is 1. The van der Waals surface area contributed by atoms with E-state index in [2.05, 4.69) is 51.1 Å². The standard InChI is InChI=1S/C9H10N2O.C7H16N.C2H6.C2H5.Sn/c10-5-7-2-1-3-9-8(4-7)11-6-12-9;1-6(8-5)7(2,3)4;2*1-2;/h2-4,6H,1,5,10H2;6,8H,2H2,1,3-5H3;1-2H3;1H2,2H3;/t;6-;;;/m.1.../s1. The van der Waals surface area contributed by atoms with Crippen molar-refractivity contribution in [3.63, 3.8) is 0 Å². The molecule has 1 aliphatic rings. The summed E-state index contributed by atoms with van der Waals surface area (Å²) in [7, 11) is 2.06. The molecule has 142 valence electrons. The maximum atomic E-state index is 5.53. The normalized spacial score (nSPS) is 14.2. The number of nitrogens with one attached hydrogen (secondary N) is 1. The quantitative estimate of drug-likeness (QED) is 0.650. The molecule has 0 saturated heterocycles.